The van der Waals surface area contributed by atoms with Crippen LogP contribution < -0.4 is 0 Å². The van der Waals surface area contributed by atoms with Crippen molar-refractivity contribution in [3.63, 3.8) is 0 Å². The van der Waals surface area contributed by atoms with Crippen LogP contribution in [-0.2, 0) is 11.2 Å². The zero-order chi connectivity index (χ0) is 13.1. The lowest BCUT2D eigenvalue weighted by Gasteiger charge is -2.25. The molecular formula is C15H18ClFO. The Bertz CT molecular complexity index is 444. The Morgan fingerprint density at radius 2 is 2.22 bits per heavy atom. The highest BCUT2D eigenvalue weighted by Crippen LogP contribution is 2.30. The van der Waals surface area contributed by atoms with E-state index in [1.54, 1.807) is 6.07 Å². The zero-order valence-electron chi connectivity index (χ0n) is 10.6. The van der Waals surface area contributed by atoms with Gasteiger partial charge < -0.3 is 0 Å². The van der Waals surface area contributed by atoms with Crippen molar-refractivity contribution in [3.05, 3.63) is 34.6 Å². The Hall–Kier alpha value is -0.890. The Morgan fingerprint density at radius 3 is 2.89 bits per heavy atom. The fourth-order valence-electron chi connectivity index (χ4n) is 2.72. The molecule has 1 aromatic carbocycles. The summed E-state index contributed by atoms with van der Waals surface area (Å²) in [5, 5.41) is 0.109. The minimum atomic E-state index is -0.445. The molecule has 0 aromatic heterocycles. The summed E-state index contributed by atoms with van der Waals surface area (Å²) in [6, 6.07) is 4.62. The number of hydrogen-bond acceptors (Lipinski definition) is 1. The molecule has 1 saturated carbocycles. The molecule has 0 amide bonds. The van der Waals surface area contributed by atoms with Crippen LogP contribution in [0.3, 0.4) is 0 Å². The second-order valence-electron chi connectivity index (χ2n) is 5.36. The number of halogens is 2. The molecule has 0 radical (unpaired) electrons. The molecule has 2 atom stereocenters. The Morgan fingerprint density at radius 1 is 1.44 bits per heavy atom. The second-order valence-corrected chi connectivity index (χ2v) is 5.77. The molecule has 98 valence electrons. The molecule has 1 aliphatic carbocycles. The van der Waals surface area contributed by atoms with Crippen LogP contribution in [0.25, 0.3) is 0 Å². The molecule has 0 spiro atoms. The molecule has 0 heterocycles. The molecule has 0 saturated heterocycles. The van der Waals surface area contributed by atoms with Gasteiger partial charge in [0, 0.05) is 12.3 Å². The maximum atomic E-state index is 13.3. The Kier molecular flexibility index (Phi) is 4.39. The summed E-state index contributed by atoms with van der Waals surface area (Å²) in [6.45, 7) is 2.20. The van der Waals surface area contributed by atoms with Gasteiger partial charge in [-0.25, -0.2) is 4.39 Å². The summed E-state index contributed by atoms with van der Waals surface area (Å²) < 4.78 is 13.3. The monoisotopic (exact) mass is 268 g/mol. The lowest BCUT2D eigenvalue weighted by molar-refractivity contribution is -0.123. The number of hydrogen-bond donors (Lipinski definition) is 0. The highest BCUT2D eigenvalue weighted by atomic mass is 35.5. The summed E-state index contributed by atoms with van der Waals surface area (Å²) in [5.74, 6) is 0.587. The van der Waals surface area contributed by atoms with Gasteiger partial charge in [-0.15, -0.1) is 0 Å². The SMILES string of the molecule is CC1CCCC(C(=O)Cc2ccc(Cl)c(F)c2)C1. The number of carbonyl (C=O) groups is 1. The predicted molar refractivity (Wildman–Crippen MR) is 71.2 cm³/mol. The van der Waals surface area contributed by atoms with Crippen LogP contribution >= 0.6 is 11.6 Å². The molecule has 1 aliphatic rings. The van der Waals surface area contributed by atoms with Gasteiger partial charge in [-0.1, -0.05) is 37.4 Å². The average molecular weight is 269 g/mol. The van der Waals surface area contributed by atoms with Crippen molar-refractivity contribution >= 4 is 17.4 Å². The topological polar surface area (TPSA) is 17.1 Å². The number of carbonyl (C=O) groups excluding carboxylic acids is 1. The number of Topliss-reactive ketones (excluding diaryl/α,β-unsaturated/α-hetero) is 1. The summed E-state index contributed by atoms with van der Waals surface area (Å²) in [4.78, 5) is 12.2. The number of ketones is 1. The van der Waals surface area contributed by atoms with Crippen molar-refractivity contribution in [2.75, 3.05) is 0 Å². The summed E-state index contributed by atoms with van der Waals surface area (Å²) >= 11 is 5.63. The molecule has 2 unspecified atom stereocenters. The van der Waals surface area contributed by atoms with Gasteiger partial charge in [-0.05, 0) is 36.5 Å². The smallest absolute Gasteiger partial charge is 0.142 e. The molecule has 1 fully saturated rings. The third-order valence-corrected chi connectivity index (χ3v) is 4.06. The van der Waals surface area contributed by atoms with Crippen LogP contribution in [0.4, 0.5) is 4.39 Å². The largest absolute Gasteiger partial charge is 0.299 e. The molecule has 18 heavy (non-hydrogen) atoms. The van der Waals surface area contributed by atoms with Gasteiger partial charge in [0.25, 0.3) is 0 Å². The number of benzene rings is 1. The van der Waals surface area contributed by atoms with Crippen molar-refractivity contribution in [2.24, 2.45) is 11.8 Å². The highest BCUT2D eigenvalue weighted by Gasteiger charge is 2.24. The first-order chi connectivity index (χ1) is 8.56. The molecular weight excluding hydrogens is 251 g/mol. The van der Waals surface area contributed by atoms with E-state index >= 15 is 0 Å². The standard InChI is InChI=1S/C15H18ClFO/c1-10-3-2-4-12(7-10)15(18)9-11-5-6-13(16)14(17)8-11/h5-6,8,10,12H,2-4,7,9H2,1H3. The third kappa shape index (κ3) is 3.32. The van der Waals surface area contributed by atoms with Gasteiger partial charge in [-0.2, -0.15) is 0 Å². The van der Waals surface area contributed by atoms with E-state index in [2.05, 4.69) is 6.92 Å². The van der Waals surface area contributed by atoms with Gasteiger partial charge >= 0.3 is 0 Å². The minimum Gasteiger partial charge on any atom is -0.299 e. The first-order valence-corrected chi connectivity index (χ1v) is 6.90. The van der Waals surface area contributed by atoms with Crippen LogP contribution in [-0.4, -0.2) is 5.78 Å². The molecule has 3 heteroatoms. The molecule has 0 aliphatic heterocycles. The number of rotatable bonds is 3. The lowest BCUT2D eigenvalue weighted by atomic mass is 9.79. The lowest BCUT2D eigenvalue weighted by Crippen LogP contribution is -2.23. The first-order valence-electron chi connectivity index (χ1n) is 6.53. The van der Waals surface area contributed by atoms with E-state index in [0.29, 0.717) is 12.3 Å². The maximum absolute atomic E-state index is 13.3. The summed E-state index contributed by atoms with van der Waals surface area (Å²) in [7, 11) is 0. The van der Waals surface area contributed by atoms with E-state index in [1.165, 1.54) is 18.6 Å². The summed E-state index contributed by atoms with van der Waals surface area (Å²) in [6.07, 6.45) is 4.64. The van der Waals surface area contributed by atoms with Gasteiger partial charge in [0.05, 0.1) is 5.02 Å². The van der Waals surface area contributed by atoms with E-state index in [-0.39, 0.29) is 16.7 Å². The van der Waals surface area contributed by atoms with Crippen molar-refractivity contribution in [3.8, 4) is 0 Å². The van der Waals surface area contributed by atoms with E-state index in [9.17, 15) is 9.18 Å². The molecule has 1 aromatic rings. The van der Waals surface area contributed by atoms with Crippen molar-refractivity contribution in [1.29, 1.82) is 0 Å². The van der Waals surface area contributed by atoms with Crippen LogP contribution in [0, 0.1) is 17.7 Å². The second kappa shape index (κ2) is 5.83. The predicted octanol–water partition coefficient (Wildman–Crippen LogP) is 4.42. The molecule has 0 N–H and O–H groups in total. The quantitative estimate of drug-likeness (QED) is 0.793. The zero-order valence-corrected chi connectivity index (χ0v) is 11.3. The van der Waals surface area contributed by atoms with E-state index in [0.717, 1.165) is 24.8 Å². The van der Waals surface area contributed by atoms with Crippen molar-refractivity contribution in [1.82, 2.24) is 0 Å². The highest BCUT2D eigenvalue weighted by molar-refractivity contribution is 6.30. The first kappa shape index (κ1) is 13.5. The van der Waals surface area contributed by atoms with Gasteiger partial charge in [0.2, 0.25) is 0 Å². The minimum absolute atomic E-state index is 0.109. The third-order valence-electron chi connectivity index (χ3n) is 3.75. The van der Waals surface area contributed by atoms with E-state index < -0.39 is 5.82 Å². The van der Waals surface area contributed by atoms with Crippen molar-refractivity contribution < 1.29 is 9.18 Å². The van der Waals surface area contributed by atoms with Gasteiger partial charge in [0.1, 0.15) is 11.6 Å². The Labute approximate surface area is 112 Å². The molecule has 0 bridgehead atoms. The van der Waals surface area contributed by atoms with Crippen LogP contribution in [0.15, 0.2) is 18.2 Å². The van der Waals surface area contributed by atoms with E-state index in [4.69, 9.17) is 11.6 Å². The van der Waals surface area contributed by atoms with Crippen LogP contribution in [0.5, 0.6) is 0 Å². The fourth-order valence-corrected chi connectivity index (χ4v) is 2.84. The normalized spacial score (nSPS) is 23.9. The van der Waals surface area contributed by atoms with Gasteiger partial charge in [0.15, 0.2) is 0 Å². The van der Waals surface area contributed by atoms with E-state index in [1.807, 2.05) is 0 Å². The average Bonchev–Trinajstić information content (AvgIpc) is 2.34. The molecule has 1 nitrogen and oxygen atoms in total. The maximum Gasteiger partial charge on any atom is 0.142 e. The molecule has 2 rings (SSSR count). The van der Waals surface area contributed by atoms with Crippen molar-refractivity contribution in [2.45, 2.75) is 39.0 Å². The Balaban J connectivity index is 2.00. The fraction of sp³-hybridized carbons (Fsp3) is 0.533. The van der Waals surface area contributed by atoms with Gasteiger partial charge in [-0.3, -0.25) is 4.79 Å². The van der Waals surface area contributed by atoms with Crippen LogP contribution in [0.2, 0.25) is 5.02 Å². The summed E-state index contributed by atoms with van der Waals surface area (Å²) in [5.41, 5.74) is 0.722. The van der Waals surface area contributed by atoms with Crippen LogP contribution in [0.1, 0.15) is 38.2 Å².